The van der Waals surface area contributed by atoms with Crippen LogP contribution in [0.4, 0.5) is 10.1 Å². The minimum absolute atomic E-state index is 0.112. The number of hydrogen-bond acceptors (Lipinski definition) is 1. The summed E-state index contributed by atoms with van der Waals surface area (Å²) in [7, 11) is 0. The van der Waals surface area contributed by atoms with Crippen molar-refractivity contribution >= 4 is 5.69 Å². The van der Waals surface area contributed by atoms with Gasteiger partial charge in [-0.3, -0.25) is 0 Å². The van der Waals surface area contributed by atoms with Crippen LogP contribution in [-0.2, 0) is 0 Å². The molecule has 0 spiro atoms. The Morgan fingerprint density at radius 2 is 2.08 bits per heavy atom. The lowest BCUT2D eigenvalue weighted by molar-refractivity contribution is 0.605. The van der Waals surface area contributed by atoms with Gasteiger partial charge in [0.15, 0.2) is 0 Å². The smallest absolute Gasteiger partial charge is 0.126 e. The van der Waals surface area contributed by atoms with Crippen LogP contribution < -0.4 is 4.90 Å². The SMILES string of the molecule is Cc1cc(N2CCC2)ccc1F. The highest BCUT2D eigenvalue weighted by Gasteiger charge is 2.14. The number of benzene rings is 1. The molecule has 2 rings (SSSR count). The standard InChI is InChI=1S/C10H12FN/c1-8-7-9(3-4-10(8)11)12-5-2-6-12/h3-4,7H,2,5-6H2,1H3. The Morgan fingerprint density at radius 3 is 2.58 bits per heavy atom. The molecule has 0 unspecified atom stereocenters. The lowest BCUT2D eigenvalue weighted by Gasteiger charge is -2.33. The fourth-order valence-corrected chi connectivity index (χ4v) is 1.40. The van der Waals surface area contributed by atoms with Crippen LogP contribution in [0.15, 0.2) is 18.2 Å². The van der Waals surface area contributed by atoms with Crippen molar-refractivity contribution in [1.82, 2.24) is 0 Å². The minimum Gasteiger partial charge on any atom is -0.371 e. The maximum Gasteiger partial charge on any atom is 0.126 e. The van der Waals surface area contributed by atoms with Crippen LogP contribution in [0.25, 0.3) is 0 Å². The number of anilines is 1. The van der Waals surface area contributed by atoms with Crippen LogP contribution >= 0.6 is 0 Å². The summed E-state index contributed by atoms with van der Waals surface area (Å²) in [6.07, 6.45) is 1.26. The van der Waals surface area contributed by atoms with Crippen molar-refractivity contribution in [2.75, 3.05) is 18.0 Å². The second-order valence-electron chi connectivity index (χ2n) is 3.27. The Labute approximate surface area is 71.8 Å². The predicted molar refractivity (Wildman–Crippen MR) is 48.0 cm³/mol. The highest BCUT2D eigenvalue weighted by molar-refractivity contribution is 5.50. The topological polar surface area (TPSA) is 3.24 Å². The minimum atomic E-state index is -0.112. The lowest BCUT2D eigenvalue weighted by Crippen LogP contribution is -2.36. The molecule has 1 aliphatic rings. The van der Waals surface area contributed by atoms with Crippen LogP contribution in [0.1, 0.15) is 12.0 Å². The number of nitrogens with zero attached hydrogens (tertiary/aromatic N) is 1. The summed E-state index contributed by atoms with van der Waals surface area (Å²) in [4.78, 5) is 2.26. The number of aryl methyl sites for hydroxylation is 1. The average Bonchev–Trinajstić information content (AvgIpc) is 1.93. The Kier molecular flexibility index (Phi) is 1.75. The molecule has 1 aromatic carbocycles. The first-order valence-electron chi connectivity index (χ1n) is 4.28. The molecule has 0 saturated carbocycles. The van der Waals surface area contributed by atoms with E-state index in [1.807, 2.05) is 12.1 Å². The molecule has 0 aliphatic carbocycles. The van der Waals surface area contributed by atoms with Crippen LogP contribution in [0.5, 0.6) is 0 Å². The van der Waals surface area contributed by atoms with Crippen LogP contribution in [-0.4, -0.2) is 13.1 Å². The molecule has 0 amide bonds. The third-order valence-corrected chi connectivity index (χ3v) is 2.36. The second kappa shape index (κ2) is 2.77. The van der Waals surface area contributed by atoms with Gasteiger partial charge < -0.3 is 4.90 Å². The average molecular weight is 165 g/mol. The zero-order valence-corrected chi connectivity index (χ0v) is 7.18. The molecule has 1 aromatic rings. The predicted octanol–water partition coefficient (Wildman–Crippen LogP) is 2.34. The molecule has 0 N–H and O–H groups in total. The molecule has 1 saturated heterocycles. The molecule has 0 radical (unpaired) electrons. The van der Waals surface area contributed by atoms with E-state index in [1.54, 1.807) is 13.0 Å². The van der Waals surface area contributed by atoms with Gasteiger partial charge in [-0.2, -0.15) is 0 Å². The Bertz CT molecular complexity index is 292. The van der Waals surface area contributed by atoms with Crippen molar-refractivity contribution in [3.8, 4) is 0 Å². The highest BCUT2D eigenvalue weighted by atomic mass is 19.1. The molecular formula is C10H12FN. The molecule has 1 fully saturated rings. The van der Waals surface area contributed by atoms with Crippen molar-refractivity contribution in [1.29, 1.82) is 0 Å². The summed E-state index contributed by atoms with van der Waals surface area (Å²) < 4.78 is 12.9. The third-order valence-electron chi connectivity index (χ3n) is 2.36. The molecule has 1 aliphatic heterocycles. The zero-order valence-electron chi connectivity index (χ0n) is 7.18. The first-order valence-corrected chi connectivity index (χ1v) is 4.28. The quantitative estimate of drug-likeness (QED) is 0.617. The summed E-state index contributed by atoms with van der Waals surface area (Å²) in [5.74, 6) is -0.112. The number of hydrogen-bond donors (Lipinski definition) is 0. The fraction of sp³-hybridized carbons (Fsp3) is 0.400. The van der Waals surface area contributed by atoms with Gasteiger partial charge >= 0.3 is 0 Å². The second-order valence-corrected chi connectivity index (χ2v) is 3.27. The van der Waals surface area contributed by atoms with Crippen molar-refractivity contribution in [2.24, 2.45) is 0 Å². The van der Waals surface area contributed by atoms with E-state index >= 15 is 0 Å². The van der Waals surface area contributed by atoms with E-state index in [1.165, 1.54) is 6.42 Å². The molecular weight excluding hydrogens is 153 g/mol. The van der Waals surface area contributed by atoms with Gasteiger partial charge in [-0.05, 0) is 37.1 Å². The number of halogens is 1. The Hall–Kier alpha value is -1.05. The van der Waals surface area contributed by atoms with E-state index in [9.17, 15) is 4.39 Å². The van der Waals surface area contributed by atoms with Crippen LogP contribution in [0.3, 0.4) is 0 Å². The molecule has 2 heteroatoms. The zero-order chi connectivity index (χ0) is 8.55. The van der Waals surface area contributed by atoms with Crippen molar-refractivity contribution < 1.29 is 4.39 Å². The van der Waals surface area contributed by atoms with Gasteiger partial charge in [0.1, 0.15) is 5.82 Å². The van der Waals surface area contributed by atoms with Gasteiger partial charge in [0.05, 0.1) is 0 Å². The van der Waals surface area contributed by atoms with E-state index in [0.717, 1.165) is 24.3 Å². The van der Waals surface area contributed by atoms with Crippen LogP contribution in [0.2, 0.25) is 0 Å². The Balaban J connectivity index is 2.27. The maximum atomic E-state index is 12.9. The third kappa shape index (κ3) is 1.17. The van der Waals surface area contributed by atoms with Gasteiger partial charge in [-0.1, -0.05) is 0 Å². The van der Waals surface area contributed by atoms with Gasteiger partial charge in [0.2, 0.25) is 0 Å². The summed E-state index contributed by atoms with van der Waals surface area (Å²) in [6.45, 7) is 4.04. The Morgan fingerprint density at radius 1 is 1.33 bits per heavy atom. The van der Waals surface area contributed by atoms with Gasteiger partial charge in [-0.15, -0.1) is 0 Å². The van der Waals surface area contributed by atoms with E-state index in [2.05, 4.69) is 4.90 Å². The van der Waals surface area contributed by atoms with E-state index in [0.29, 0.717) is 0 Å². The number of rotatable bonds is 1. The van der Waals surface area contributed by atoms with Crippen molar-refractivity contribution in [3.63, 3.8) is 0 Å². The molecule has 0 aromatic heterocycles. The van der Waals surface area contributed by atoms with E-state index in [4.69, 9.17) is 0 Å². The summed E-state index contributed by atoms with van der Waals surface area (Å²) in [5, 5.41) is 0. The summed E-state index contributed by atoms with van der Waals surface area (Å²) in [6, 6.07) is 5.30. The van der Waals surface area contributed by atoms with Gasteiger partial charge in [-0.25, -0.2) is 4.39 Å². The normalized spacial score (nSPS) is 16.0. The van der Waals surface area contributed by atoms with Gasteiger partial charge in [0, 0.05) is 18.8 Å². The molecule has 12 heavy (non-hydrogen) atoms. The molecule has 1 heterocycles. The molecule has 64 valence electrons. The van der Waals surface area contributed by atoms with Crippen molar-refractivity contribution in [3.05, 3.63) is 29.6 Å². The monoisotopic (exact) mass is 165 g/mol. The first-order chi connectivity index (χ1) is 5.77. The maximum absolute atomic E-state index is 12.9. The lowest BCUT2D eigenvalue weighted by atomic mass is 10.1. The molecule has 0 atom stereocenters. The summed E-state index contributed by atoms with van der Waals surface area (Å²) in [5.41, 5.74) is 1.89. The fourth-order valence-electron chi connectivity index (χ4n) is 1.40. The largest absolute Gasteiger partial charge is 0.371 e. The van der Waals surface area contributed by atoms with E-state index < -0.39 is 0 Å². The summed E-state index contributed by atoms with van der Waals surface area (Å²) >= 11 is 0. The van der Waals surface area contributed by atoms with Crippen LogP contribution in [0, 0.1) is 12.7 Å². The van der Waals surface area contributed by atoms with Crippen molar-refractivity contribution in [2.45, 2.75) is 13.3 Å². The molecule has 1 nitrogen and oxygen atoms in total. The molecule has 0 bridgehead atoms. The van der Waals surface area contributed by atoms with E-state index in [-0.39, 0.29) is 5.82 Å². The van der Waals surface area contributed by atoms with Gasteiger partial charge in [0.25, 0.3) is 0 Å². The highest BCUT2D eigenvalue weighted by Crippen LogP contribution is 2.22. The first kappa shape index (κ1) is 7.59.